The van der Waals surface area contributed by atoms with Gasteiger partial charge in [0.25, 0.3) is 5.56 Å². The second kappa shape index (κ2) is 9.35. The van der Waals surface area contributed by atoms with Gasteiger partial charge in [-0.1, -0.05) is 24.1 Å². The largest absolute Gasteiger partial charge is 0.355 e. The van der Waals surface area contributed by atoms with E-state index < -0.39 is 11.2 Å². The molecule has 0 unspecified atom stereocenters. The van der Waals surface area contributed by atoms with Crippen LogP contribution < -0.4 is 22.3 Å². The molecule has 0 aliphatic heterocycles. The van der Waals surface area contributed by atoms with Gasteiger partial charge in [0.2, 0.25) is 5.95 Å². The Hall–Kier alpha value is -3.97. The van der Waals surface area contributed by atoms with E-state index in [9.17, 15) is 9.59 Å². The maximum atomic E-state index is 13.6. The molecule has 0 atom stereocenters. The smallest absolute Gasteiger partial charge is 0.332 e. The lowest BCUT2D eigenvalue weighted by Crippen LogP contribution is -2.40. The number of nitrogens with one attached hydrogen (secondary N) is 1. The Bertz CT molecular complexity index is 1590. The number of fused-ring (bicyclic) bond motifs is 2. The third kappa shape index (κ3) is 4.81. The molecule has 10 heteroatoms. The summed E-state index contributed by atoms with van der Waals surface area (Å²) in [6, 6.07) is 7.65. The monoisotopic (exact) mass is 474 g/mol. The topological polar surface area (TPSA) is 126 Å². The van der Waals surface area contributed by atoms with Crippen LogP contribution in [-0.2, 0) is 20.1 Å². The second-order valence-corrected chi connectivity index (χ2v) is 9.26. The standard InChI is InChI=1S/C25H30N8O2/c1-6-7-14-32-20-21(30-23(32)27-13-12-25(3,4)26)31(5)24(35)33(22(20)34)15-19-28-16(2)17-10-8-9-11-18(17)29-19/h8-11H,12-15,26H2,1-5H3,(H,27,30). The molecule has 4 aromatic rings. The maximum Gasteiger partial charge on any atom is 0.332 e. The van der Waals surface area contributed by atoms with Gasteiger partial charge < -0.3 is 11.1 Å². The van der Waals surface area contributed by atoms with Crippen molar-refractivity contribution in [1.82, 2.24) is 28.7 Å². The van der Waals surface area contributed by atoms with Gasteiger partial charge in [-0.05, 0) is 40.2 Å². The number of anilines is 1. The molecule has 35 heavy (non-hydrogen) atoms. The van der Waals surface area contributed by atoms with Gasteiger partial charge in [-0.3, -0.25) is 18.5 Å². The first-order chi connectivity index (χ1) is 16.6. The summed E-state index contributed by atoms with van der Waals surface area (Å²) in [7, 11) is 1.60. The predicted octanol–water partition coefficient (Wildman–Crippen LogP) is 1.76. The summed E-state index contributed by atoms with van der Waals surface area (Å²) >= 11 is 0. The summed E-state index contributed by atoms with van der Waals surface area (Å²) in [5.74, 6) is 6.71. The van der Waals surface area contributed by atoms with Crippen LogP contribution >= 0.6 is 0 Å². The first kappa shape index (κ1) is 24.2. The number of imidazole rings is 1. The van der Waals surface area contributed by atoms with E-state index in [2.05, 4.69) is 32.1 Å². The predicted molar refractivity (Wildman–Crippen MR) is 137 cm³/mol. The van der Waals surface area contributed by atoms with Crippen LogP contribution in [-0.4, -0.2) is 40.7 Å². The molecule has 3 N–H and O–H groups in total. The number of hydrogen-bond donors (Lipinski definition) is 2. The summed E-state index contributed by atoms with van der Waals surface area (Å²) < 4.78 is 4.23. The van der Waals surface area contributed by atoms with Crippen LogP contribution in [0.2, 0.25) is 0 Å². The molecule has 10 nitrogen and oxygen atoms in total. The highest BCUT2D eigenvalue weighted by atomic mass is 16.2. The molecule has 0 aliphatic carbocycles. The SMILES string of the molecule is CC#CCn1c(NCCC(C)(C)N)nc2c1c(=O)n(Cc1nc(C)c3ccccc3n1)c(=O)n2C. The van der Waals surface area contributed by atoms with E-state index in [0.29, 0.717) is 35.9 Å². The number of para-hydroxylation sites is 1. The quantitative estimate of drug-likeness (QED) is 0.391. The minimum atomic E-state index is -0.488. The lowest BCUT2D eigenvalue weighted by Gasteiger charge is -2.18. The maximum absolute atomic E-state index is 13.6. The molecular formula is C25H30N8O2. The van der Waals surface area contributed by atoms with E-state index in [1.165, 1.54) is 4.57 Å². The van der Waals surface area contributed by atoms with Crippen molar-refractivity contribution in [1.29, 1.82) is 0 Å². The van der Waals surface area contributed by atoms with E-state index in [4.69, 9.17) is 5.73 Å². The summed E-state index contributed by atoms with van der Waals surface area (Å²) in [5, 5.41) is 4.18. The number of aryl methyl sites for hydroxylation is 2. The number of nitrogens with zero attached hydrogens (tertiary/aromatic N) is 6. The Morgan fingerprint density at radius 3 is 2.57 bits per heavy atom. The van der Waals surface area contributed by atoms with Crippen LogP contribution in [0, 0.1) is 18.8 Å². The normalized spacial score (nSPS) is 11.6. The van der Waals surface area contributed by atoms with Crippen molar-refractivity contribution in [3.05, 3.63) is 56.6 Å². The summed E-state index contributed by atoms with van der Waals surface area (Å²) in [4.78, 5) is 40.5. The summed E-state index contributed by atoms with van der Waals surface area (Å²) in [5.41, 5.74) is 6.92. The fraction of sp³-hybridized carbons (Fsp3) is 0.400. The number of benzene rings is 1. The summed E-state index contributed by atoms with van der Waals surface area (Å²) in [6.45, 7) is 8.26. The number of aromatic nitrogens is 6. The highest BCUT2D eigenvalue weighted by molar-refractivity contribution is 5.80. The second-order valence-electron chi connectivity index (χ2n) is 9.26. The number of hydrogen-bond acceptors (Lipinski definition) is 7. The van der Waals surface area contributed by atoms with E-state index in [-0.39, 0.29) is 18.6 Å². The highest BCUT2D eigenvalue weighted by Gasteiger charge is 2.21. The third-order valence-electron chi connectivity index (χ3n) is 5.84. The van der Waals surface area contributed by atoms with Gasteiger partial charge in [0.1, 0.15) is 5.82 Å². The molecule has 0 aliphatic rings. The zero-order valence-corrected chi connectivity index (χ0v) is 20.7. The minimum Gasteiger partial charge on any atom is -0.355 e. The van der Waals surface area contributed by atoms with Crippen LogP contribution in [0.25, 0.3) is 22.1 Å². The number of rotatable bonds is 7. The Kier molecular flexibility index (Phi) is 6.45. The molecule has 0 radical (unpaired) electrons. The van der Waals surface area contributed by atoms with E-state index in [1.807, 2.05) is 45.0 Å². The van der Waals surface area contributed by atoms with Crippen molar-refractivity contribution in [2.45, 2.75) is 52.7 Å². The molecular weight excluding hydrogens is 444 g/mol. The summed E-state index contributed by atoms with van der Waals surface area (Å²) in [6.07, 6.45) is 0.692. The van der Waals surface area contributed by atoms with Crippen molar-refractivity contribution in [3.63, 3.8) is 0 Å². The van der Waals surface area contributed by atoms with Gasteiger partial charge in [-0.25, -0.2) is 14.8 Å². The zero-order chi connectivity index (χ0) is 25.3. The Labute approximate surface area is 202 Å². The highest BCUT2D eigenvalue weighted by Crippen LogP contribution is 2.17. The molecule has 3 aromatic heterocycles. The first-order valence-electron chi connectivity index (χ1n) is 11.5. The molecule has 0 saturated heterocycles. The zero-order valence-electron chi connectivity index (χ0n) is 20.7. The van der Waals surface area contributed by atoms with Crippen LogP contribution in [0.15, 0.2) is 33.9 Å². The molecule has 0 fully saturated rings. The first-order valence-corrected chi connectivity index (χ1v) is 11.5. The average Bonchev–Trinajstić information content (AvgIpc) is 3.17. The van der Waals surface area contributed by atoms with Crippen molar-refractivity contribution in [3.8, 4) is 11.8 Å². The van der Waals surface area contributed by atoms with Gasteiger partial charge >= 0.3 is 5.69 Å². The van der Waals surface area contributed by atoms with Crippen LogP contribution in [0.3, 0.4) is 0 Å². The fourth-order valence-electron chi connectivity index (χ4n) is 3.96. The van der Waals surface area contributed by atoms with E-state index in [0.717, 1.165) is 21.2 Å². The lowest BCUT2D eigenvalue weighted by molar-refractivity contribution is 0.490. The molecule has 0 spiro atoms. The molecule has 182 valence electrons. The van der Waals surface area contributed by atoms with Crippen LogP contribution in [0.5, 0.6) is 0 Å². The Morgan fingerprint density at radius 1 is 1.11 bits per heavy atom. The fourth-order valence-corrected chi connectivity index (χ4v) is 3.96. The lowest BCUT2D eigenvalue weighted by atomic mass is 10.0. The average molecular weight is 475 g/mol. The molecule has 0 amide bonds. The Balaban J connectivity index is 1.84. The van der Waals surface area contributed by atoms with Gasteiger partial charge in [-0.2, -0.15) is 4.98 Å². The molecule has 0 saturated carbocycles. The van der Waals surface area contributed by atoms with Crippen molar-refractivity contribution in [2.75, 3.05) is 11.9 Å². The van der Waals surface area contributed by atoms with Gasteiger partial charge in [0, 0.05) is 30.2 Å². The minimum absolute atomic E-state index is 0.0537. The van der Waals surface area contributed by atoms with Gasteiger partial charge in [-0.15, -0.1) is 5.92 Å². The van der Waals surface area contributed by atoms with Gasteiger partial charge in [0.15, 0.2) is 11.2 Å². The molecule has 1 aromatic carbocycles. The molecule has 4 rings (SSSR count). The van der Waals surface area contributed by atoms with Gasteiger partial charge in [0.05, 0.1) is 18.6 Å². The van der Waals surface area contributed by atoms with Crippen LogP contribution in [0.1, 0.15) is 38.7 Å². The van der Waals surface area contributed by atoms with Crippen molar-refractivity contribution >= 4 is 28.0 Å². The van der Waals surface area contributed by atoms with Crippen molar-refractivity contribution in [2.24, 2.45) is 12.8 Å². The molecule has 0 bridgehead atoms. The van der Waals surface area contributed by atoms with Crippen LogP contribution in [0.4, 0.5) is 5.95 Å². The van der Waals surface area contributed by atoms with E-state index >= 15 is 0 Å². The Morgan fingerprint density at radius 2 is 1.86 bits per heavy atom. The van der Waals surface area contributed by atoms with Crippen molar-refractivity contribution < 1.29 is 0 Å². The molecule has 3 heterocycles. The van der Waals surface area contributed by atoms with E-state index in [1.54, 1.807) is 18.5 Å². The third-order valence-corrected chi connectivity index (χ3v) is 5.84. The number of nitrogens with two attached hydrogens (primary N) is 1.